The van der Waals surface area contributed by atoms with Crippen LogP contribution in [0.3, 0.4) is 0 Å². The highest BCUT2D eigenvalue weighted by molar-refractivity contribution is 6.05. The molecule has 0 bridgehead atoms. The number of amides is 3. The van der Waals surface area contributed by atoms with Crippen LogP contribution in [-0.2, 0) is 22.5 Å². The minimum absolute atomic E-state index is 0.0148. The Morgan fingerprint density at radius 2 is 1.58 bits per heavy atom. The predicted octanol–water partition coefficient (Wildman–Crippen LogP) is 4.94. The molecular weight excluding hydrogens is 486 g/mol. The van der Waals surface area contributed by atoms with Crippen LogP contribution < -0.4 is 10.6 Å². The number of para-hydroxylation sites is 1. The van der Waals surface area contributed by atoms with E-state index in [0.717, 1.165) is 11.1 Å². The van der Waals surface area contributed by atoms with E-state index in [1.165, 1.54) is 11.0 Å². The number of carboxylic acids is 1. The van der Waals surface area contributed by atoms with E-state index in [1.807, 2.05) is 6.07 Å². The van der Waals surface area contributed by atoms with Crippen molar-refractivity contribution in [3.05, 3.63) is 95.1 Å². The highest BCUT2D eigenvalue weighted by atomic mass is 16.6. The summed E-state index contributed by atoms with van der Waals surface area (Å²) in [5.41, 5.74) is 2.15. The van der Waals surface area contributed by atoms with E-state index >= 15 is 0 Å². The highest BCUT2D eigenvalue weighted by Crippen LogP contribution is 2.29. The summed E-state index contributed by atoms with van der Waals surface area (Å²) in [5, 5.41) is 15.4. The van der Waals surface area contributed by atoms with E-state index < -0.39 is 29.6 Å². The standard InChI is InChI=1S/C29H29N3O6/c1-29(2,3)38-28(37)31-23-12-8-7-11-22(23)26(34)32-17-20-15-21(14-13-19(20)16-24(32)27(35)36)30-25(33)18-9-5-4-6-10-18/h4-15,24H,16-17H2,1-3H3,(H,30,33)(H,31,37)(H,35,36). The van der Waals surface area contributed by atoms with Crippen LogP contribution in [0.2, 0.25) is 0 Å². The van der Waals surface area contributed by atoms with Gasteiger partial charge in [-0.2, -0.15) is 0 Å². The maximum atomic E-state index is 13.7. The van der Waals surface area contributed by atoms with Crippen molar-refractivity contribution in [2.24, 2.45) is 0 Å². The molecule has 9 heteroatoms. The molecule has 196 valence electrons. The number of anilines is 2. The van der Waals surface area contributed by atoms with Crippen LogP contribution in [0.1, 0.15) is 52.6 Å². The normalized spacial score (nSPS) is 14.7. The summed E-state index contributed by atoms with van der Waals surface area (Å²) in [5.74, 6) is -1.96. The predicted molar refractivity (Wildman–Crippen MR) is 142 cm³/mol. The van der Waals surface area contributed by atoms with Gasteiger partial charge in [0.05, 0.1) is 11.3 Å². The molecule has 0 saturated carbocycles. The number of carboxylic acid groups (broad SMARTS) is 1. The molecule has 1 aliphatic heterocycles. The second-order valence-electron chi connectivity index (χ2n) is 9.97. The average molecular weight is 516 g/mol. The number of aliphatic carboxylic acids is 1. The average Bonchev–Trinajstić information content (AvgIpc) is 2.87. The largest absolute Gasteiger partial charge is 0.480 e. The fourth-order valence-electron chi connectivity index (χ4n) is 4.24. The van der Waals surface area contributed by atoms with E-state index in [2.05, 4.69) is 10.6 Å². The van der Waals surface area contributed by atoms with E-state index in [-0.39, 0.29) is 30.1 Å². The van der Waals surface area contributed by atoms with Crippen LogP contribution in [-0.4, -0.2) is 45.5 Å². The van der Waals surface area contributed by atoms with Gasteiger partial charge in [0, 0.05) is 24.2 Å². The van der Waals surface area contributed by atoms with Gasteiger partial charge in [0.1, 0.15) is 11.6 Å². The van der Waals surface area contributed by atoms with Crippen molar-refractivity contribution < 1.29 is 29.0 Å². The Bertz CT molecular complexity index is 1380. The number of hydrogen-bond acceptors (Lipinski definition) is 5. The van der Waals surface area contributed by atoms with E-state index in [4.69, 9.17) is 4.74 Å². The Balaban J connectivity index is 1.59. The minimum atomic E-state index is -1.14. The second kappa shape index (κ2) is 10.8. The summed E-state index contributed by atoms with van der Waals surface area (Å²) < 4.78 is 5.30. The van der Waals surface area contributed by atoms with Crippen molar-refractivity contribution in [3.63, 3.8) is 0 Å². The zero-order valence-electron chi connectivity index (χ0n) is 21.4. The van der Waals surface area contributed by atoms with Crippen LogP contribution in [0, 0.1) is 0 Å². The van der Waals surface area contributed by atoms with E-state index in [1.54, 1.807) is 81.4 Å². The van der Waals surface area contributed by atoms with Crippen molar-refractivity contribution in [3.8, 4) is 0 Å². The van der Waals surface area contributed by atoms with Gasteiger partial charge in [0.2, 0.25) is 0 Å². The van der Waals surface area contributed by atoms with Gasteiger partial charge in [-0.3, -0.25) is 14.9 Å². The van der Waals surface area contributed by atoms with Gasteiger partial charge in [-0.25, -0.2) is 9.59 Å². The first-order valence-electron chi connectivity index (χ1n) is 12.1. The maximum absolute atomic E-state index is 13.7. The molecule has 1 unspecified atom stereocenters. The zero-order chi connectivity index (χ0) is 27.4. The summed E-state index contributed by atoms with van der Waals surface area (Å²) in [4.78, 5) is 52.0. The van der Waals surface area contributed by atoms with Crippen molar-refractivity contribution in [2.75, 3.05) is 10.6 Å². The van der Waals surface area contributed by atoms with Crippen molar-refractivity contribution in [1.29, 1.82) is 0 Å². The first-order chi connectivity index (χ1) is 18.0. The SMILES string of the molecule is CC(C)(C)OC(=O)Nc1ccccc1C(=O)N1Cc2cc(NC(=O)c3ccccc3)ccc2CC1C(=O)O. The smallest absolute Gasteiger partial charge is 0.412 e. The third-order valence-corrected chi connectivity index (χ3v) is 5.97. The van der Waals surface area contributed by atoms with Crippen molar-refractivity contribution >= 4 is 35.3 Å². The van der Waals surface area contributed by atoms with E-state index in [0.29, 0.717) is 11.3 Å². The first kappa shape index (κ1) is 26.4. The van der Waals surface area contributed by atoms with Gasteiger partial charge in [0.15, 0.2) is 0 Å². The number of ether oxygens (including phenoxy) is 1. The van der Waals surface area contributed by atoms with Crippen molar-refractivity contribution in [1.82, 2.24) is 4.90 Å². The lowest BCUT2D eigenvalue weighted by molar-refractivity contribution is -0.142. The Labute approximate surface area is 220 Å². The number of rotatable bonds is 5. The Kier molecular flexibility index (Phi) is 7.47. The molecule has 0 radical (unpaired) electrons. The van der Waals surface area contributed by atoms with Gasteiger partial charge >= 0.3 is 12.1 Å². The summed E-state index contributed by atoms with van der Waals surface area (Å²) >= 11 is 0. The summed E-state index contributed by atoms with van der Waals surface area (Å²) in [6.07, 6.45) is -0.624. The zero-order valence-corrected chi connectivity index (χ0v) is 21.4. The number of carbonyl (C=O) groups excluding carboxylic acids is 3. The Morgan fingerprint density at radius 1 is 0.895 bits per heavy atom. The molecule has 0 aromatic heterocycles. The molecule has 1 aliphatic rings. The van der Waals surface area contributed by atoms with Gasteiger partial charge in [-0.05, 0) is 68.3 Å². The summed E-state index contributed by atoms with van der Waals surface area (Å²) in [6, 6.07) is 19.3. The molecule has 1 atom stereocenters. The monoisotopic (exact) mass is 515 g/mol. The van der Waals surface area contributed by atoms with Crippen LogP contribution in [0.15, 0.2) is 72.8 Å². The molecule has 9 nitrogen and oxygen atoms in total. The maximum Gasteiger partial charge on any atom is 0.412 e. The molecular formula is C29H29N3O6. The number of nitrogens with one attached hydrogen (secondary N) is 2. The van der Waals surface area contributed by atoms with Crippen LogP contribution >= 0.6 is 0 Å². The molecule has 3 aromatic rings. The molecule has 1 heterocycles. The minimum Gasteiger partial charge on any atom is -0.480 e. The lowest BCUT2D eigenvalue weighted by Gasteiger charge is -2.35. The molecule has 3 amide bonds. The Hall–Kier alpha value is -4.66. The highest BCUT2D eigenvalue weighted by Gasteiger charge is 2.36. The fourth-order valence-corrected chi connectivity index (χ4v) is 4.24. The molecule has 38 heavy (non-hydrogen) atoms. The van der Waals surface area contributed by atoms with Gasteiger partial charge < -0.3 is 20.1 Å². The number of fused-ring (bicyclic) bond motifs is 1. The molecule has 3 N–H and O–H groups in total. The summed E-state index contributed by atoms with van der Waals surface area (Å²) in [6.45, 7) is 5.19. The topological polar surface area (TPSA) is 125 Å². The Morgan fingerprint density at radius 3 is 2.26 bits per heavy atom. The lowest BCUT2D eigenvalue weighted by Crippen LogP contribution is -2.48. The van der Waals surface area contributed by atoms with Crippen LogP contribution in [0.25, 0.3) is 0 Å². The quantitative estimate of drug-likeness (QED) is 0.442. The van der Waals surface area contributed by atoms with Gasteiger partial charge in [-0.1, -0.05) is 36.4 Å². The third-order valence-electron chi connectivity index (χ3n) is 5.97. The number of benzene rings is 3. The molecule has 4 rings (SSSR count). The van der Waals surface area contributed by atoms with Crippen LogP contribution in [0.4, 0.5) is 16.2 Å². The summed E-state index contributed by atoms with van der Waals surface area (Å²) in [7, 11) is 0. The third kappa shape index (κ3) is 6.18. The number of nitrogens with zero attached hydrogens (tertiary/aromatic N) is 1. The van der Waals surface area contributed by atoms with Crippen LogP contribution in [0.5, 0.6) is 0 Å². The van der Waals surface area contributed by atoms with E-state index in [9.17, 15) is 24.3 Å². The second-order valence-corrected chi connectivity index (χ2v) is 9.97. The van der Waals surface area contributed by atoms with Crippen molar-refractivity contribution in [2.45, 2.75) is 45.4 Å². The molecule has 3 aromatic carbocycles. The molecule has 0 aliphatic carbocycles. The fraction of sp³-hybridized carbons (Fsp3) is 0.241. The number of hydrogen-bond donors (Lipinski definition) is 3. The molecule has 0 saturated heterocycles. The first-order valence-corrected chi connectivity index (χ1v) is 12.1. The van der Waals surface area contributed by atoms with Gasteiger partial charge in [-0.15, -0.1) is 0 Å². The lowest BCUT2D eigenvalue weighted by atomic mass is 9.92. The number of carbonyl (C=O) groups is 4. The molecule has 0 spiro atoms. The van der Waals surface area contributed by atoms with Gasteiger partial charge in [0.25, 0.3) is 11.8 Å². The molecule has 0 fully saturated rings.